The molecule has 2 aromatic carbocycles. The van der Waals surface area contributed by atoms with Gasteiger partial charge in [0.05, 0.1) is 18.3 Å². The van der Waals surface area contributed by atoms with Crippen LogP contribution in [0.4, 0.5) is 0 Å². The van der Waals surface area contributed by atoms with E-state index in [1.807, 2.05) is 47.4 Å². The molecule has 0 bridgehead atoms. The molecule has 0 radical (unpaired) electrons. The predicted octanol–water partition coefficient (Wildman–Crippen LogP) is 6.16. The van der Waals surface area contributed by atoms with Crippen molar-refractivity contribution in [2.45, 2.75) is 30.6 Å². The van der Waals surface area contributed by atoms with Crippen molar-refractivity contribution >= 4 is 40.6 Å². The van der Waals surface area contributed by atoms with Crippen molar-refractivity contribution in [2.24, 2.45) is 0 Å². The van der Waals surface area contributed by atoms with Crippen LogP contribution in [0.15, 0.2) is 77.3 Å². The zero-order valence-electron chi connectivity index (χ0n) is 17.9. The van der Waals surface area contributed by atoms with E-state index in [0.29, 0.717) is 17.3 Å². The third kappa shape index (κ3) is 5.00. The number of rotatable bonds is 7. The number of aromatic nitrogens is 3. The molecule has 0 spiro atoms. The molecule has 1 aliphatic rings. The van der Waals surface area contributed by atoms with Crippen molar-refractivity contribution < 1.29 is 4.79 Å². The standard InChI is InChI=1S/C25H23ClN4OS2/c26-20-12-10-19(11-13-20)24-27-28-25(30(24)16-18-6-2-1-3-7-18)33-17-23(31)29-14-4-8-21(29)22-9-5-15-32-22/h1-3,5-7,9-13,15,21H,4,8,14,16-17H2. The maximum Gasteiger partial charge on any atom is 0.233 e. The molecule has 0 aliphatic carbocycles. The predicted molar refractivity (Wildman–Crippen MR) is 135 cm³/mol. The van der Waals surface area contributed by atoms with Crippen LogP contribution in [0.25, 0.3) is 11.4 Å². The highest BCUT2D eigenvalue weighted by atomic mass is 35.5. The van der Waals surface area contributed by atoms with E-state index in [2.05, 4.69) is 44.4 Å². The number of likely N-dealkylation sites (tertiary alicyclic amines) is 1. The molecule has 1 unspecified atom stereocenters. The lowest BCUT2D eigenvalue weighted by atomic mass is 10.2. The van der Waals surface area contributed by atoms with Gasteiger partial charge in [0, 0.05) is 22.0 Å². The van der Waals surface area contributed by atoms with E-state index in [1.54, 1.807) is 11.3 Å². The fraction of sp³-hybridized carbons (Fsp3) is 0.240. The number of thioether (sulfide) groups is 1. The van der Waals surface area contributed by atoms with Gasteiger partial charge in [-0.05, 0) is 54.1 Å². The van der Waals surface area contributed by atoms with E-state index in [4.69, 9.17) is 11.6 Å². The van der Waals surface area contributed by atoms with Gasteiger partial charge in [0.25, 0.3) is 0 Å². The van der Waals surface area contributed by atoms with Crippen LogP contribution in [0.5, 0.6) is 0 Å². The minimum atomic E-state index is 0.151. The first-order valence-electron chi connectivity index (χ1n) is 10.9. The Morgan fingerprint density at radius 2 is 1.88 bits per heavy atom. The molecule has 1 fully saturated rings. The Kier molecular flexibility index (Phi) is 6.80. The molecule has 1 saturated heterocycles. The van der Waals surface area contributed by atoms with Gasteiger partial charge in [0.1, 0.15) is 0 Å². The fourth-order valence-electron chi connectivity index (χ4n) is 4.17. The van der Waals surface area contributed by atoms with E-state index in [0.717, 1.165) is 41.5 Å². The monoisotopic (exact) mass is 494 g/mol. The molecule has 1 amide bonds. The lowest BCUT2D eigenvalue weighted by Gasteiger charge is -2.23. The molecule has 3 heterocycles. The van der Waals surface area contributed by atoms with Crippen LogP contribution in [0, 0.1) is 0 Å². The summed E-state index contributed by atoms with van der Waals surface area (Å²) in [5.74, 6) is 1.26. The lowest BCUT2D eigenvalue weighted by molar-refractivity contribution is -0.129. The Hall–Kier alpha value is -2.61. The summed E-state index contributed by atoms with van der Waals surface area (Å²) >= 11 is 9.26. The normalized spacial score (nSPS) is 15.8. The van der Waals surface area contributed by atoms with Gasteiger partial charge in [-0.2, -0.15) is 0 Å². The van der Waals surface area contributed by atoms with Crippen LogP contribution in [0.3, 0.4) is 0 Å². The van der Waals surface area contributed by atoms with Gasteiger partial charge >= 0.3 is 0 Å². The second-order valence-corrected chi connectivity index (χ2v) is 10.3. The maximum atomic E-state index is 13.1. The molecule has 8 heteroatoms. The van der Waals surface area contributed by atoms with E-state index in [9.17, 15) is 4.79 Å². The van der Waals surface area contributed by atoms with Crippen molar-refractivity contribution in [3.8, 4) is 11.4 Å². The molecule has 0 N–H and O–H groups in total. The van der Waals surface area contributed by atoms with Crippen LogP contribution in [0.2, 0.25) is 5.02 Å². The average molecular weight is 495 g/mol. The molecule has 5 nitrogen and oxygen atoms in total. The van der Waals surface area contributed by atoms with Gasteiger partial charge in [-0.25, -0.2) is 0 Å². The molecular weight excluding hydrogens is 472 g/mol. The minimum absolute atomic E-state index is 0.151. The number of hydrogen-bond acceptors (Lipinski definition) is 5. The van der Waals surface area contributed by atoms with Crippen LogP contribution >= 0.6 is 34.7 Å². The third-order valence-corrected chi connectivity index (χ3v) is 7.95. The van der Waals surface area contributed by atoms with Gasteiger partial charge < -0.3 is 4.90 Å². The van der Waals surface area contributed by atoms with Gasteiger partial charge in [-0.3, -0.25) is 9.36 Å². The van der Waals surface area contributed by atoms with Crippen molar-refractivity contribution in [3.05, 3.63) is 87.6 Å². The van der Waals surface area contributed by atoms with Gasteiger partial charge in [0.2, 0.25) is 5.91 Å². The van der Waals surface area contributed by atoms with Crippen LogP contribution in [0.1, 0.15) is 29.3 Å². The Morgan fingerprint density at radius 1 is 1.06 bits per heavy atom. The highest BCUT2D eigenvalue weighted by Crippen LogP contribution is 2.35. The summed E-state index contributed by atoms with van der Waals surface area (Å²) in [7, 11) is 0. The first kappa shape index (κ1) is 22.2. The molecule has 5 rings (SSSR count). The second-order valence-electron chi connectivity index (χ2n) is 7.93. The quantitative estimate of drug-likeness (QED) is 0.288. The van der Waals surface area contributed by atoms with Gasteiger partial charge in [0.15, 0.2) is 11.0 Å². The molecule has 2 aromatic heterocycles. The number of carbonyl (C=O) groups excluding carboxylic acids is 1. The molecule has 33 heavy (non-hydrogen) atoms. The van der Waals surface area contributed by atoms with Crippen molar-refractivity contribution in [1.82, 2.24) is 19.7 Å². The Labute approximate surface area is 206 Å². The number of nitrogens with zero attached hydrogens (tertiary/aromatic N) is 4. The third-order valence-electron chi connectivity index (χ3n) is 5.77. The average Bonchev–Trinajstić information content (AvgIpc) is 3.60. The molecule has 0 saturated carbocycles. The summed E-state index contributed by atoms with van der Waals surface area (Å²) in [5.41, 5.74) is 2.09. The van der Waals surface area contributed by atoms with Crippen LogP contribution in [-0.4, -0.2) is 37.9 Å². The smallest absolute Gasteiger partial charge is 0.233 e. The Morgan fingerprint density at radius 3 is 2.64 bits per heavy atom. The number of carbonyl (C=O) groups is 1. The largest absolute Gasteiger partial charge is 0.334 e. The number of benzene rings is 2. The highest BCUT2D eigenvalue weighted by Gasteiger charge is 2.30. The molecule has 1 aliphatic heterocycles. The number of amides is 1. The zero-order valence-corrected chi connectivity index (χ0v) is 20.3. The van der Waals surface area contributed by atoms with E-state index in [1.165, 1.54) is 16.6 Å². The summed E-state index contributed by atoms with van der Waals surface area (Å²) in [6.07, 6.45) is 2.08. The molecule has 168 valence electrons. The van der Waals surface area contributed by atoms with Gasteiger partial charge in [-0.1, -0.05) is 59.8 Å². The lowest BCUT2D eigenvalue weighted by Crippen LogP contribution is -2.31. The first-order chi connectivity index (χ1) is 16.2. The zero-order chi connectivity index (χ0) is 22.6. The van der Waals surface area contributed by atoms with Crippen LogP contribution in [-0.2, 0) is 11.3 Å². The molecule has 1 atom stereocenters. The van der Waals surface area contributed by atoms with Crippen LogP contribution < -0.4 is 0 Å². The van der Waals surface area contributed by atoms with Crippen molar-refractivity contribution in [1.29, 1.82) is 0 Å². The summed E-state index contributed by atoms with van der Waals surface area (Å²) in [6, 6.07) is 22.2. The fourth-order valence-corrected chi connectivity index (χ4v) is 5.99. The van der Waals surface area contributed by atoms with Gasteiger partial charge in [-0.15, -0.1) is 21.5 Å². The second kappa shape index (κ2) is 10.1. The summed E-state index contributed by atoms with van der Waals surface area (Å²) in [4.78, 5) is 16.4. The minimum Gasteiger partial charge on any atom is -0.334 e. The number of halogens is 1. The Bertz CT molecular complexity index is 1210. The Balaban J connectivity index is 1.37. The van der Waals surface area contributed by atoms with E-state index >= 15 is 0 Å². The first-order valence-corrected chi connectivity index (χ1v) is 13.1. The highest BCUT2D eigenvalue weighted by molar-refractivity contribution is 7.99. The summed E-state index contributed by atoms with van der Waals surface area (Å²) in [6.45, 7) is 1.44. The summed E-state index contributed by atoms with van der Waals surface area (Å²) in [5, 5.41) is 12.4. The van der Waals surface area contributed by atoms with Crippen molar-refractivity contribution in [2.75, 3.05) is 12.3 Å². The van der Waals surface area contributed by atoms with Crippen molar-refractivity contribution in [3.63, 3.8) is 0 Å². The molecular formula is C25H23ClN4OS2. The SMILES string of the molecule is O=C(CSc1nnc(-c2ccc(Cl)cc2)n1Cc1ccccc1)N1CCCC1c1cccs1. The number of thiophene rings is 1. The van der Waals surface area contributed by atoms with E-state index < -0.39 is 0 Å². The maximum absolute atomic E-state index is 13.1. The number of hydrogen-bond donors (Lipinski definition) is 0. The molecule has 4 aromatic rings. The topological polar surface area (TPSA) is 51.0 Å². The summed E-state index contributed by atoms with van der Waals surface area (Å²) < 4.78 is 2.08. The van der Waals surface area contributed by atoms with E-state index in [-0.39, 0.29) is 11.9 Å².